The lowest BCUT2D eigenvalue weighted by Crippen LogP contribution is -2.25. The van der Waals surface area contributed by atoms with Crippen LogP contribution in [0.15, 0.2) is 24.5 Å². The number of imidazole rings is 1. The summed E-state index contributed by atoms with van der Waals surface area (Å²) >= 11 is 0. The Bertz CT molecular complexity index is 511. The van der Waals surface area contributed by atoms with Crippen LogP contribution in [0.2, 0.25) is 0 Å². The number of pyridine rings is 1. The molecule has 1 fully saturated rings. The second-order valence-corrected chi connectivity index (χ2v) is 4.80. The number of rotatable bonds is 3. The standard InChI is InChI=1S/C13H18N4/c14-10-5-6-13-16-8-12(17(13)9-10)7-15-11-3-1-2-4-11/h5-6,8-9,11,15H,1-4,7,14H2. The van der Waals surface area contributed by atoms with Crippen LogP contribution in [0, 0.1) is 0 Å². The van der Waals surface area contributed by atoms with Crippen molar-refractivity contribution in [2.24, 2.45) is 0 Å². The molecule has 0 spiro atoms. The van der Waals surface area contributed by atoms with Crippen molar-refractivity contribution in [2.45, 2.75) is 38.3 Å². The van der Waals surface area contributed by atoms with E-state index in [4.69, 9.17) is 5.73 Å². The Balaban J connectivity index is 1.77. The Morgan fingerprint density at radius 1 is 1.35 bits per heavy atom. The van der Waals surface area contributed by atoms with Crippen molar-refractivity contribution < 1.29 is 0 Å². The zero-order valence-electron chi connectivity index (χ0n) is 9.89. The molecule has 0 amide bonds. The number of hydrogen-bond donors (Lipinski definition) is 2. The zero-order chi connectivity index (χ0) is 11.7. The summed E-state index contributed by atoms with van der Waals surface area (Å²) in [6.45, 7) is 0.870. The molecule has 0 aliphatic heterocycles. The van der Waals surface area contributed by atoms with Gasteiger partial charge in [-0.15, -0.1) is 0 Å². The van der Waals surface area contributed by atoms with Crippen molar-refractivity contribution >= 4 is 11.3 Å². The van der Waals surface area contributed by atoms with Crippen LogP contribution < -0.4 is 11.1 Å². The average molecular weight is 230 g/mol. The summed E-state index contributed by atoms with van der Waals surface area (Å²) in [5.41, 5.74) is 8.72. The summed E-state index contributed by atoms with van der Waals surface area (Å²) in [6, 6.07) is 4.52. The van der Waals surface area contributed by atoms with E-state index in [0.717, 1.165) is 17.9 Å². The molecule has 2 aromatic rings. The molecule has 0 saturated heterocycles. The maximum Gasteiger partial charge on any atom is 0.137 e. The van der Waals surface area contributed by atoms with E-state index in [9.17, 15) is 0 Å². The summed E-state index contributed by atoms with van der Waals surface area (Å²) in [5, 5.41) is 3.59. The van der Waals surface area contributed by atoms with Gasteiger partial charge in [-0.1, -0.05) is 12.8 Å². The van der Waals surface area contributed by atoms with E-state index in [2.05, 4.69) is 14.7 Å². The quantitative estimate of drug-likeness (QED) is 0.847. The van der Waals surface area contributed by atoms with Crippen LogP contribution in [-0.2, 0) is 6.54 Å². The van der Waals surface area contributed by atoms with Gasteiger partial charge in [0.1, 0.15) is 5.65 Å². The summed E-state index contributed by atoms with van der Waals surface area (Å²) in [5.74, 6) is 0. The summed E-state index contributed by atoms with van der Waals surface area (Å²) in [4.78, 5) is 4.37. The van der Waals surface area contributed by atoms with E-state index in [1.807, 2.05) is 24.5 Å². The van der Waals surface area contributed by atoms with Gasteiger partial charge in [-0.3, -0.25) is 0 Å². The highest BCUT2D eigenvalue weighted by Gasteiger charge is 2.14. The second kappa shape index (κ2) is 4.37. The predicted molar refractivity (Wildman–Crippen MR) is 68.7 cm³/mol. The topological polar surface area (TPSA) is 55.3 Å². The third kappa shape index (κ3) is 2.13. The lowest BCUT2D eigenvalue weighted by atomic mass is 10.2. The molecular weight excluding hydrogens is 212 g/mol. The minimum absolute atomic E-state index is 0.682. The Kier molecular flexibility index (Phi) is 2.73. The van der Waals surface area contributed by atoms with Gasteiger partial charge in [-0.25, -0.2) is 4.98 Å². The molecule has 2 heterocycles. The largest absolute Gasteiger partial charge is 0.398 e. The van der Waals surface area contributed by atoms with Crippen molar-refractivity contribution in [3.05, 3.63) is 30.2 Å². The number of hydrogen-bond acceptors (Lipinski definition) is 3. The maximum absolute atomic E-state index is 5.80. The van der Waals surface area contributed by atoms with E-state index < -0.39 is 0 Å². The summed E-state index contributed by atoms with van der Waals surface area (Å²) in [7, 11) is 0. The minimum Gasteiger partial charge on any atom is -0.398 e. The molecule has 2 aromatic heterocycles. The van der Waals surface area contributed by atoms with Crippen molar-refractivity contribution in [1.82, 2.24) is 14.7 Å². The number of nitrogens with zero attached hydrogens (tertiary/aromatic N) is 2. The van der Waals surface area contributed by atoms with Crippen LogP contribution in [0.4, 0.5) is 5.69 Å². The summed E-state index contributed by atoms with van der Waals surface area (Å²) < 4.78 is 2.07. The number of fused-ring (bicyclic) bond motifs is 1. The molecule has 0 bridgehead atoms. The minimum atomic E-state index is 0.682. The fourth-order valence-electron chi connectivity index (χ4n) is 2.56. The smallest absolute Gasteiger partial charge is 0.137 e. The van der Waals surface area contributed by atoms with Gasteiger partial charge in [-0.2, -0.15) is 0 Å². The molecule has 4 nitrogen and oxygen atoms in total. The van der Waals surface area contributed by atoms with Crippen molar-refractivity contribution in [3.8, 4) is 0 Å². The highest BCUT2D eigenvalue weighted by atomic mass is 15.0. The Morgan fingerprint density at radius 2 is 2.18 bits per heavy atom. The number of aromatic nitrogens is 2. The maximum atomic E-state index is 5.80. The SMILES string of the molecule is Nc1ccc2ncc(CNC3CCCC3)n2c1. The average Bonchev–Trinajstić information content (AvgIpc) is 2.94. The van der Waals surface area contributed by atoms with Crippen LogP contribution in [0.25, 0.3) is 5.65 Å². The fourth-order valence-corrected chi connectivity index (χ4v) is 2.56. The molecule has 4 heteroatoms. The van der Waals surface area contributed by atoms with Gasteiger partial charge in [0.15, 0.2) is 0 Å². The molecule has 1 aliphatic rings. The van der Waals surface area contributed by atoms with Crippen LogP contribution in [0.1, 0.15) is 31.4 Å². The van der Waals surface area contributed by atoms with Crippen molar-refractivity contribution in [3.63, 3.8) is 0 Å². The van der Waals surface area contributed by atoms with E-state index >= 15 is 0 Å². The van der Waals surface area contributed by atoms with Crippen LogP contribution in [0.3, 0.4) is 0 Å². The molecule has 1 saturated carbocycles. The predicted octanol–water partition coefficient (Wildman–Crippen LogP) is 1.95. The Labute approximate surface area is 101 Å². The normalized spacial score (nSPS) is 16.9. The van der Waals surface area contributed by atoms with Crippen molar-refractivity contribution in [1.29, 1.82) is 0 Å². The Hall–Kier alpha value is -1.55. The van der Waals surface area contributed by atoms with E-state index in [-0.39, 0.29) is 0 Å². The molecule has 17 heavy (non-hydrogen) atoms. The van der Waals surface area contributed by atoms with Crippen molar-refractivity contribution in [2.75, 3.05) is 5.73 Å². The van der Waals surface area contributed by atoms with E-state index in [0.29, 0.717) is 6.04 Å². The highest BCUT2D eigenvalue weighted by molar-refractivity contribution is 5.48. The van der Waals surface area contributed by atoms with Gasteiger partial charge in [0.05, 0.1) is 11.9 Å². The van der Waals surface area contributed by atoms with E-state index in [1.165, 1.54) is 31.4 Å². The van der Waals surface area contributed by atoms with Gasteiger partial charge in [-0.05, 0) is 25.0 Å². The molecule has 0 radical (unpaired) electrons. The first-order chi connectivity index (χ1) is 8.33. The molecule has 90 valence electrons. The third-order valence-electron chi connectivity index (χ3n) is 3.53. The first kappa shape index (κ1) is 10.6. The molecule has 0 unspecified atom stereocenters. The molecule has 3 rings (SSSR count). The Morgan fingerprint density at radius 3 is 3.00 bits per heavy atom. The number of nitrogens with one attached hydrogen (secondary N) is 1. The number of anilines is 1. The molecular formula is C13H18N4. The lowest BCUT2D eigenvalue weighted by Gasteiger charge is -2.11. The van der Waals surface area contributed by atoms with Gasteiger partial charge < -0.3 is 15.5 Å². The summed E-state index contributed by atoms with van der Waals surface area (Å²) in [6.07, 6.45) is 9.19. The van der Waals surface area contributed by atoms with Crippen LogP contribution >= 0.6 is 0 Å². The lowest BCUT2D eigenvalue weighted by molar-refractivity contribution is 0.518. The van der Waals surface area contributed by atoms with E-state index in [1.54, 1.807) is 0 Å². The first-order valence-electron chi connectivity index (χ1n) is 6.28. The van der Waals surface area contributed by atoms with Gasteiger partial charge >= 0.3 is 0 Å². The molecule has 0 aromatic carbocycles. The highest BCUT2D eigenvalue weighted by Crippen LogP contribution is 2.18. The zero-order valence-corrected chi connectivity index (χ0v) is 9.89. The van der Waals surface area contributed by atoms with Gasteiger partial charge in [0, 0.05) is 24.5 Å². The second-order valence-electron chi connectivity index (χ2n) is 4.80. The molecule has 0 atom stereocenters. The van der Waals surface area contributed by atoms with Gasteiger partial charge in [0.25, 0.3) is 0 Å². The molecule has 3 N–H and O–H groups in total. The monoisotopic (exact) mass is 230 g/mol. The first-order valence-corrected chi connectivity index (χ1v) is 6.28. The van der Waals surface area contributed by atoms with Crippen LogP contribution in [0.5, 0.6) is 0 Å². The van der Waals surface area contributed by atoms with Crippen LogP contribution in [-0.4, -0.2) is 15.4 Å². The molecule has 1 aliphatic carbocycles. The van der Waals surface area contributed by atoms with Gasteiger partial charge in [0.2, 0.25) is 0 Å². The third-order valence-corrected chi connectivity index (χ3v) is 3.53. The fraction of sp³-hybridized carbons (Fsp3) is 0.462. The number of nitrogen functional groups attached to an aromatic ring is 1. The number of nitrogens with two attached hydrogens (primary N) is 1.